The largest absolute Gasteiger partial charge is 0.321 e. The lowest BCUT2D eigenvalue weighted by Gasteiger charge is -2.03. The van der Waals surface area contributed by atoms with Crippen molar-refractivity contribution in [3.05, 3.63) is 70.5 Å². The summed E-state index contributed by atoms with van der Waals surface area (Å²) in [6, 6.07) is 14.2. The van der Waals surface area contributed by atoms with Crippen molar-refractivity contribution in [2.75, 3.05) is 5.32 Å². The molecule has 1 aromatic heterocycles. The molecule has 0 saturated carbocycles. The first-order valence-electron chi connectivity index (χ1n) is 7.13. The molecule has 1 amide bonds. The van der Waals surface area contributed by atoms with Gasteiger partial charge in [-0.1, -0.05) is 27.2 Å². The van der Waals surface area contributed by atoms with E-state index in [1.165, 1.54) is 11.6 Å². The molecule has 1 N–H and O–H groups in total. The van der Waals surface area contributed by atoms with Crippen LogP contribution in [0, 0.1) is 0 Å². The highest BCUT2D eigenvalue weighted by Gasteiger charge is 2.12. The van der Waals surface area contributed by atoms with Crippen LogP contribution in [-0.4, -0.2) is 26.7 Å². The monoisotopic (exact) mass is 384 g/mol. The Balaban J connectivity index is 1.75. The van der Waals surface area contributed by atoms with Gasteiger partial charge in [-0.3, -0.25) is 9.59 Å². The minimum Gasteiger partial charge on any atom is -0.321 e. The zero-order valence-electron chi connectivity index (χ0n) is 12.7. The van der Waals surface area contributed by atoms with E-state index in [0.717, 1.165) is 10.2 Å². The van der Waals surface area contributed by atoms with Crippen molar-refractivity contribution in [2.45, 2.75) is 6.92 Å². The summed E-state index contributed by atoms with van der Waals surface area (Å²) in [5.74, 6) is -0.392. The number of hydrogen-bond donors (Lipinski definition) is 1. The number of hydrogen-bond acceptors (Lipinski definition) is 4. The molecule has 3 rings (SSSR count). The molecule has 1 heterocycles. The van der Waals surface area contributed by atoms with Crippen LogP contribution in [0.25, 0.3) is 5.69 Å². The van der Waals surface area contributed by atoms with E-state index in [-0.39, 0.29) is 17.4 Å². The van der Waals surface area contributed by atoms with Crippen LogP contribution in [-0.2, 0) is 0 Å². The average Bonchev–Trinajstić information content (AvgIpc) is 3.05. The summed E-state index contributed by atoms with van der Waals surface area (Å²) in [6.07, 6.45) is 1.56. The van der Waals surface area contributed by atoms with Crippen LogP contribution in [0.15, 0.2) is 59.2 Å². The van der Waals surface area contributed by atoms with Gasteiger partial charge in [0.1, 0.15) is 0 Å². The molecule has 6 nitrogen and oxygen atoms in total. The summed E-state index contributed by atoms with van der Waals surface area (Å²) in [4.78, 5) is 23.5. The number of nitrogens with zero attached hydrogens (tertiary/aromatic N) is 3. The molecule has 0 saturated heterocycles. The van der Waals surface area contributed by atoms with E-state index in [1.54, 1.807) is 30.5 Å². The van der Waals surface area contributed by atoms with Gasteiger partial charge in [0, 0.05) is 15.7 Å². The molecule has 0 bridgehead atoms. The summed E-state index contributed by atoms with van der Waals surface area (Å²) in [5, 5.41) is 10.6. The second-order valence-electron chi connectivity index (χ2n) is 5.12. The fourth-order valence-corrected chi connectivity index (χ4v) is 2.48. The van der Waals surface area contributed by atoms with Crippen molar-refractivity contribution in [1.82, 2.24) is 15.0 Å². The Morgan fingerprint density at radius 1 is 1.12 bits per heavy atom. The summed E-state index contributed by atoms with van der Waals surface area (Å²) >= 11 is 3.39. The van der Waals surface area contributed by atoms with Crippen LogP contribution in [0.3, 0.4) is 0 Å². The van der Waals surface area contributed by atoms with Crippen molar-refractivity contribution < 1.29 is 9.59 Å². The van der Waals surface area contributed by atoms with Crippen LogP contribution in [0.5, 0.6) is 0 Å². The van der Waals surface area contributed by atoms with E-state index in [2.05, 4.69) is 31.6 Å². The molecule has 120 valence electrons. The molecule has 2 aromatic carbocycles. The molecule has 0 aliphatic rings. The van der Waals surface area contributed by atoms with E-state index >= 15 is 0 Å². The predicted octanol–water partition coefficient (Wildman–Crippen LogP) is 3.48. The quantitative estimate of drug-likeness (QED) is 0.698. The number of Topliss-reactive ketones (excluding diaryl/α,β-unsaturated/α-hetero) is 1. The van der Waals surface area contributed by atoms with Crippen molar-refractivity contribution in [3.8, 4) is 5.69 Å². The first kappa shape index (κ1) is 16.1. The van der Waals surface area contributed by atoms with Crippen LogP contribution < -0.4 is 5.32 Å². The van der Waals surface area contributed by atoms with Gasteiger partial charge in [-0.05, 0) is 49.4 Å². The number of nitrogens with one attached hydrogen (secondary N) is 1. The number of ketones is 1. The fraction of sp³-hybridized carbons (Fsp3) is 0.0588. The van der Waals surface area contributed by atoms with Gasteiger partial charge < -0.3 is 5.32 Å². The first-order chi connectivity index (χ1) is 11.5. The van der Waals surface area contributed by atoms with Crippen LogP contribution in [0.4, 0.5) is 5.69 Å². The third-order valence-corrected chi connectivity index (χ3v) is 3.84. The third-order valence-electron chi connectivity index (χ3n) is 3.35. The SMILES string of the molecule is CC(=O)c1ccc(NC(=O)c2cn(-c3cccc(Br)c3)nn2)cc1. The molecule has 0 radical (unpaired) electrons. The predicted molar refractivity (Wildman–Crippen MR) is 93.5 cm³/mol. The number of aromatic nitrogens is 3. The Labute approximate surface area is 146 Å². The Morgan fingerprint density at radius 2 is 1.88 bits per heavy atom. The number of benzene rings is 2. The molecular weight excluding hydrogens is 372 g/mol. The van der Waals surface area contributed by atoms with E-state index in [9.17, 15) is 9.59 Å². The first-order valence-corrected chi connectivity index (χ1v) is 7.93. The fourth-order valence-electron chi connectivity index (χ4n) is 2.10. The molecule has 0 unspecified atom stereocenters. The maximum atomic E-state index is 12.2. The summed E-state index contributed by atoms with van der Waals surface area (Å²) < 4.78 is 2.44. The van der Waals surface area contributed by atoms with Crippen LogP contribution >= 0.6 is 15.9 Å². The average molecular weight is 385 g/mol. The van der Waals surface area contributed by atoms with Crippen molar-refractivity contribution in [2.24, 2.45) is 0 Å². The van der Waals surface area contributed by atoms with Gasteiger partial charge >= 0.3 is 0 Å². The number of carbonyl (C=O) groups is 2. The molecular formula is C17H13BrN4O2. The van der Waals surface area contributed by atoms with Gasteiger partial charge in [0.05, 0.1) is 11.9 Å². The maximum Gasteiger partial charge on any atom is 0.277 e. The number of rotatable bonds is 4. The van der Waals surface area contributed by atoms with E-state index in [1.807, 2.05) is 24.3 Å². The Hall–Kier alpha value is -2.80. The van der Waals surface area contributed by atoms with Gasteiger partial charge in [-0.25, -0.2) is 4.68 Å². The summed E-state index contributed by atoms with van der Waals surface area (Å²) in [7, 11) is 0. The zero-order valence-corrected chi connectivity index (χ0v) is 14.3. The minimum absolute atomic E-state index is 0.0233. The molecule has 0 atom stereocenters. The topological polar surface area (TPSA) is 76.9 Å². The number of amides is 1. The third kappa shape index (κ3) is 3.57. The second kappa shape index (κ2) is 6.76. The lowest BCUT2D eigenvalue weighted by atomic mass is 10.1. The van der Waals surface area contributed by atoms with E-state index in [4.69, 9.17) is 0 Å². The Kier molecular flexibility index (Phi) is 4.52. The lowest BCUT2D eigenvalue weighted by Crippen LogP contribution is -2.12. The second-order valence-corrected chi connectivity index (χ2v) is 6.03. The zero-order chi connectivity index (χ0) is 17.1. The highest BCUT2D eigenvalue weighted by molar-refractivity contribution is 9.10. The molecule has 0 spiro atoms. The summed E-state index contributed by atoms with van der Waals surface area (Å²) in [6.45, 7) is 1.49. The maximum absolute atomic E-state index is 12.2. The van der Waals surface area contributed by atoms with Gasteiger partial charge in [-0.15, -0.1) is 5.10 Å². The standard InChI is InChI=1S/C17H13BrN4O2/c1-11(23)12-5-7-14(8-6-12)19-17(24)16-10-22(21-20-16)15-4-2-3-13(18)9-15/h2-10H,1H3,(H,19,24). The molecule has 24 heavy (non-hydrogen) atoms. The molecule has 0 fully saturated rings. The Morgan fingerprint density at radius 3 is 2.54 bits per heavy atom. The number of halogens is 1. The van der Waals surface area contributed by atoms with Crippen molar-refractivity contribution in [1.29, 1.82) is 0 Å². The highest BCUT2D eigenvalue weighted by Crippen LogP contribution is 2.15. The molecule has 0 aliphatic carbocycles. The number of carbonyl (C=O) groups excluding carboxylic acids is 2. The lowest BCUT2D eigenvalue weighted by molar-refractivity contribution is 0.101. The number of anilines is 1. The summed E-state index contributed by atoms with van der Waals surface area (Å²) in [5.41, 5.74) is 2.17. The normalized spacial score (nSPS) is 10.4. The van der Waals surface area contributed by atoms with Crippen molar-refractivity contribution in [3.63, 3.8) is 0 Å². The molecule has 7 heteroatoms. The van der Waals surface area contributed by atoms with Crippen molar-refractivity contribution >= 4 is 33.3 Å². The minimum atomic E-state index is -0.369. The van der Waals surface area contributed by atoms with Crippen LogP contribution in [0.1, 0.15) is 27.8 Å². The van der Waals surface area contributed by atoms with Gasteiger partial charge in [0.25, 0.3) is 5.91 Å². The van der Waals surface area contributed by atoms with E-state index in [0.29, 0.717) is 11.3 Å². The van der Waals surface area contributed by atoms with Crippen LogP contribution in [0.2, 0.25) is 0 Å². The molecule has 0 aliphatic heterocycles. The smallest absolute Gasteiger partial charge is 0.277 e. The molecule has 3 aromatic rings. The van der Waals surface area contributed by atoms with Gasteiger partial charge in [-0.2, -0.15) is 0 Å². The highest BCUT2D eigenvalue weighted by atomic mass is 79.9. The Bertz CT molecular complexity index is 903. The van der Waals surface area contributed by atoms with Gasteiger partial charge in [0.2, 0.25) is 0 Å². The van der Waals surface area contributed by atoms with Gasteiger partial charge in [0.15, 0.2) is 11.5 Å². The van der Waals surface area contributed by atoms with E-state index < -0.39 is 0 Å².